The van der Waals surface area contributed by atoms with Gasteiger partial charge in [-0.05, 0) is 52.3 Å². The number of benzene rings is 3. The zero-order chi connectivity index (χ0) is 28.1. The zero-order valence-electron chi connectivity index (χ0n) is 21.2. The fraction of sp³-hybridized carbons (Fsp3) is 0.161. The molecule has 0 bridgehead atoms. The Balaban J connectivity index is 1.44. The van der Waals surface area contributed by atoms with Crippen molar-refractivity contribution in [1.82, 2.24) is 4.90 Å². The summed E-state index contributed by atoms with van der Waals surface area (Å²) in [6.07, 6.45) is 4.84. The number of hydrogen-bond donors (Lipinski definition) is 0. The van der Waals surface area contributed by atoms with Crippen molar-refractivity contribution >= 4 is 45.0 Å². The van der Waals surface area contributed by atoms with Gasteiger partial charge in [0.05, 0.1) is 35.1 Å². The Labute approximate surface area is 237 Å². The van der Waals surface area contributed by atoms with Crippen molar-refractivity contribution in [3.63, 3.8) is 0 Å². The molecule has 9 heteroatoms. The van der Waals surface area contributed by atoms with Crippen LogP contribution >= 0.6 is 15.9 Å². The molecule has 2 amide bonds. The molecule has 0 saturated carbocycles. The maximum atomic E-state index is 14.8. The van der Waals surface area contributed by atoms with E-state index in [-0.39, 0.29) is 17.3 Å². The molecule has 2 fully saturated rings. The van der Waals surface area contributed by atoms with Crippen molar-refractivity contribution < 1.29 is 28.3 Å². The van der Waals surface area contributed by atoms with Crippen LogP contribution in [0, 0.1) is 17.7 Å². The summed E-state index contributed by atoms with van der Waals surface area (Å²) in [5.41, 5.74) is 0.966. The van der Waals surface area contributed by atoms with Gasteiger partial charge in [0.2, 0.25) is 11.8 Å². The molecular weight excluding hydrogens is 579 g/mol. The number of ether oxygens (including phenoxy) is 1. The van der Waals surface area contributed by atoms with E-state index in [0.717, 1.165) is 4.90 Å². The van der Waals surface area contributed by atoms with Crippen molar-refractivity contribution in [1.29, 1.82) is 0 Å². The summed E-state index contributed by atoms with van der Waals surface area (Å²) < 4.78 is 20.6. The summed E-state index contributed by atoms with van der Waals surface area (Å²) in [7, 11) is 1.51. The summed E-state index contributed by atoms with van der Waals surface area (Å²) >= 11 is 3.40. The monoisotopic (exact) mass is 600 g/mol. The molecule has 7 nitrogen and oxygen atoms in total. The first-order valence-electron chi connectivity index (χ1n) is 12.6. The quantitative estimate of drug-likeness (QED) is 0.293. The van der Waals surface area contributed by atoms with Gasteiger partial charge in [0.1, 0.15) is 17.6 Å². The number of anilines is 1. The molecule has 3 aliphatic heterocycles. The average Bonchev–Trinajstić information content (AvgIpc) is 3.44. The second-order valence-corrected chi connectivity index (χ2v) is 10.6. The Bertz CT molecular complexity index is 1640. The van der Waals surface area contributed by atoms with Gasteiger partial charge >= 0.3 is 0 Å². The SMILES string of the molecule is COc1ccc(C(=O)[C@H]2[C@H]3C(=O)N(c4ccccc4F)C(=O)[C@@H]3[C@H]3C=C(C(=O)c4ccccc4)C=CN32)cc1Br. The second-order valence-electron chi connectivity index (χ2n) is 9.74. The molecule has 4 atom stereocenters. The second kappa shape index (κ2) is 9.98. The predicted octanol–water partition coefficient (Wildman–Crippen LogP) is 4.97. The first-order valence-corrected chi connectivity index (χ1v) is 13.4. The van der Waals surface area contributed by atoms with Crippen LogP contribution < -0.4 is 9.64 Å². The number of rotatable bonds is 6. The molecule has 0 unspecified atom stereocenters. The first kappa shape index (κ1) is 25.9. The van der Waals surface area contributed by atoms with Crippen LogP contribution in [0.5, 0.6) is 5.75 Å². The van der Waals surface area contributed by atoms with Crippen molar-refractivity contribution in [2.45, 2.75) is 12.1 Å². The smallest absolute Gasteiger partial charge is 0.240 e. The molecule has 3 aromatic rings. The highest BCUT2D eigenvalue weighted by atomic mass is 79.9. The van der Waals surface area contributed by atoms with Crippen LogP contribution in [0.2, 0.25) is 0 Å². The molecule has 40 heavy (non-hydrogen) atoms. The third-order valence-electron chi connectivity index (χ3n) is 7.64. The molecule has 0 aromatic heterocycles. The maximum absolute atomic E-state index is 14.8. The molecule has 6 rings (SSSR count). The van der Waals surface area contributed by atoms with Crippen LogP contribution in [0.1, 0.15) is 20.7 Å². The lowest BCUT2D eigenvalue weighted by molar-refractivity contribution is -0.123. The number of para-hydroxylation sites is 1. The van der Waals surface area contributed by atoms with E-state index < -0.39 is 41.6 Å². The van der Waals surface area contributed by atoms with Crippen LogP contribution in [-0.2, 0) is 9.59 Å². The van der Waals surface area contributed by atoms with Crippen LogP contribution in [0.4, 0.5) is 10.1 Å². The number of hydrogen-bond acceptors (Lipinski definition) is 6. The van der Waals surface area contributed by atoms with Crippen molar-refractivity contribution in [3.05, 3.63) is 118 Å². The number of nitrogens with zero attached hydrogens (tertiary/aromatic N) is 2. The Kier molecular flexibility index (Phi) is 6.46. The van der Waals surface area contributed by atoms with Gasteiger partial charge in [-0.3, -0.25) is 19.2 Å². The lowest BCUT2D eigenvalue weighted by Crippen LogP contribution is -2.46. The average molecular weight is 601 g/mol. The highest BCUT2D eigenvalue weighted by Crippen LogP contribution is 2.47. The third kappa shape index (κ3) is 4.00. The number of Topliss-reactive ketones (excluding diaryl/α,β-unsaturated/α-hetero) is 2. The summed E-state index contributed by atoms with van der Waals surface area (Å²) in [4.78, 5) is 57.5. The Morgan fingerprint density at radius 3 is 2.30 bits per heavy atom. The van der Waals surface area contributed by atoms with Gasteiger partial charge in [0, 0.05) is 22.9 Å². The summed E-state index contributed by atoms with van der Waals surface area (Å²) in [5.74, 6) is -4.16. The minimum atomic E-state index is -1.09. The lowest BCUT2D eigenvalue weighted by Gasteiger charge is -2.33. The number of methoxy groups -OCH3 is 1. The van der Waals surface area contributed by atoms with E-state index in [2.05, 4.69) is 15.9 Å². The van der Waals surface area contributed by atoms with Gasteiger partial charge < -0.3 is 9.64 Å². The fourth-order valence-corrected chi connectivity index (χ4v) is 6.36. The summed E-state index contributed by atoms with van der Waals surface area (Å²) in [6.45, 7) is 0. The van der Waals surface area contributed by atoms with Crippen LogP contribution in [-0.4, -0.2) is 47.5 Å². The van der Waals surface area contributed by atoms with Gasteiger partial charge in [0.25, 0.3) is 0 Å². The highest BCUT2D eigenvalue weighted by Gasteiger charge is 2.63. The van der Waals surface area contributed by atoms with E-state index in [0.29, 0.717) is 26.9 Å². The fourth-order valence-electron chi connectivity index (χ4n) is 5.81. The van der Waals surface area contributed by atoms with Gasteiger partial charge in [-0.1, -0.05) is 48.5 Å². The summed E-state index contributed by atoms with van der Waals surface area (Å²) in [5, 5.41) is 0. The van der Waals surface area contributed by atoms with E-state index in [4.69, 9.17) is 4.74 Å². The topological polar surface area (TPSA) is 84.0 Å². The van der Waals surface area contributed by atoms with Crippen molar-refractivity contribution in [3.8, 4) is 5.75 Å². The number of imide groups is 1. The molecule has 3 aliphatic rings. The molecule has 3 heterocycles. The molecule has 2 saturated heterocycles. The molecule has 200 valence electrons. The molecule has 0 spiro atoms. The predicted molar refractivity (Wildman–Crippen MR) is 148 cm³/mol. The normalized spacial score (nSPS) is 23.1. The first-order chi connectivity index (χ1) is 19.3. The molecule has 3 aromatic carbocycles. The van der Waals surface area contributed by atoms with E-state index in [1.54, 1.807) is 71.8 Å². The number of allylic oxidation sites excluding steroid dienone is 2. The largest absolute Gasteiger partial charge is 0.496 e. The molecule has 0 aliphatic carbocycles. The highest BCUT2D eigenvalue weighted by molar-refractivity contribution is 9.10. The van der Waals surface area contributed by atoms with E-state index in [9.17, 15) is 23.6 Å². The zero-order valence-corrected chi connectivity index (χ0v) is 22.7. The number of ketones is 2. The Morgan fingerprint density at radius 1 is 0.900 bits per heavy atom. The number of amides is 2. The molecule has 0 radical (unpaired) electrons. The minimum Gasteiger partial charge on any atom is -0.496 e. The number of carbonyl (C=O) groups excluding carboxylic acids is 4. The number of fused-ring (bicyclic) bond motifs is 3. The lowest BCUT2D eigenvalue weighted by atomic mass is 9.85. The third-order valence-corrected chi connectivity index (χ3v) is 8.26. The van der Waals surface area contributed by atoms with Crippen LogP contribution in [0.3, 0.4) is 0 Å². The van der Waals surface area contributed by atoms with Gasteiger partial charge in [-0.2, -0.15) is 0 Å². The van der Waals surface area contributed by atoms with Crippen LogP contribution in [0.25, 0.3) is 0 Å². The number of halogens is 2. The molecular formula is C31H22BrFN2O5. The van der Waals surface area contributed by atoms with E-state index in [1.165, 1.54) is 31.4 Å². The van der Waals surface area contributed by atoms with E-state index in [1.807, 2.05) is 0 Å². The van der Waals surface area contributed by atoms with Gasteiger partial charge in [-0.15, -0.1) is 0 Å². The van der Waals surface area contributed by atoms with Gasteiger partial charge in [0.15, 0.2) is 11.6 Å². The Hall–Kier alpha value is -4.37. The Morgan fingerprint density at radius 2 is 1.60 bits per heavy atom. The van der Waals surface area contributed by atoms with Crippen molar-refractivity contribution in [2.24, 2.45) is 11.8 Å². The number of carbonyl (C=O) groups is 4. The molecule has 0 N–H and O–H groups in total. The van der Waals surface area contributed by atoms with Crippen LogP contribution in [0.15, 0.2) is 101 Å². The maximum Gasteiger partial charge on any atom is 0.240 e. The minimum absolute atomic E-state index is 0.159. The van der Waals surface area contributed by atoms with E-state index >= 15 is 0 Å². The standard InChI is InChI=1S/C31H22BrFN2O5/c1-40-24-12-11-18(15-20(24)32)29(37)27-26-25(30(38)35(31(26)39)22-10-6-5-9-21(22)33)23-16-19(13-14-34(23)27)28(36)17-7-3-2-4-8-17/h2-16,23,25-27H,1H3/t23-,25-,26+,27-/m1/s1. The summed E-state index contributed by atoms with van der Waals surface area (Å²) in [6, 6.07) is 17.3. The van der Waals surface area contributed by atoms with Crippen molar-refractivity contribution in [2.75, 3.05) is 12.0 Å². The van der Waals surface area contributed by atoms with Gasteiger partial charge in [-0.25, -0.2) is 9.29 Å².